The molecule has 6 heteroatoms. The topological polar surface area (TPSA) is 65.1 Å². The summed E-state index contributed by atoms with van der Waals surface area (Å²) >= 11 is 0. The first-order chi connectivity index (χ1) is 9.78. The van der Waals surface area contributed by atoms with E-state index >= 15 is 0 Å². The van der Waals surface area contributed by atoms with Crippen molar-refractivity contribution in [2.24, 2.45) is 5.92 Å². The van der Waals surface area contributed by atoms with Gasteiger partial charge in [0.2, 0.25) is 0 Å². The third-order valence-corrected chi connectivity index (χ3v) is 4.25. The van der Waals surface area contributed by atoms with Gasteiger partial charge in [0.1, 0.15) is 11.5 Å². The number of carbonyl (C=O) groups is 2. The van der Waals surface area contributed by atoms with Crippen LogP contribution in [0.1, 0.15) is 40.0 Å². The highest BCUT2D eigenvalue weighted by atomic mass is 16.6. The van der Waals surface area contributed by atoms with E-state index in [9.17, 15) is 9.59 Å². The summed E-state index contributed by atoms with van der Waals surface area (Å²) in [4.78, 5) is 26.3. The summed E-state index contributed by atoms with van der Waals surface area (Å²) in [5, 5.41) is 0. The van der Waals surface area contributed by atoms with Crippen LogP contribution in [0.5, 0.6) is 0 Å². The van der Waals surface area contributed by atoms with Gasteiger partial charge >= 0.3 is 12.1 Å². The molecule has 2 bridgehead atoms. The molecule has 2 aliphatic rings. The SMILES string of the molecule is COC(=O)C1C(OC)CC2CCC1N2C(=O)OC(C)(C)C. The van der Waals surface area contributed by atoms with E-state index in [1.165, 1.54) is 7.11 Å². The largest absolute Gasteiger partial charge is 0.469 e. The van der Waals surface area contributed by atoms with E-state index in [0.29, 0.717) is 6.42 Å². The van der Waals surface area contributed by atoms with Crippen LogP contribution >= 0.6 is 0 Å². The lowest BCUT2D eigenvalue weighted by atomic mass is 9.87. The Balaban J connectivity index is 2.21. The monoisotopic (exact) mass is 299 g/mol. The molecule has 0 aromatic heterocycles. The van der Waals surface area contributed by atoms with Gasteiger partial charge in [0, 0.05) is 13.2 Å². The summed E-state index contributed by atoms with van der Waals surface area (Å²) in [6, 6.07) is -0.119. The fourth-order valence-electron chi connectivity index (χ4n) is 3.45. The van der Waals surface area contributed by atoms with Gasteiger partial charge in [-0.2, -0.15) is 0 Å². The van der Waals surface area contributed by atoms with Gasteiger partial charge in [0.15, 0.2) is 0 Å². The van der Waals surface area contributed by atoms with Crippen molar-refractivity contribution in [3.8, 4) is 0 Å². The Morgan fingerprint density at radius 2 is 1.81 bits per heavy atom. The molecule has 4 unspecified atom stereocenters. The van der Waals surface area contributed by atoms with Crippen LogP contribution in [0.25, 0.3) is 0 Å². The number of ether oxygens (including phenoxy) is 3. The van der Waals surface area contributed by atoms with Gasteiger partial charge in [0.25, 0.3) is 0 Å². The van der Waals surface area contributed by atoms with Crippen LogP contribution in [0.4, 0.5) is 4.79 Å². The Hall–Kier alpha value is -1.30. The Morgan fingerprint density at radius 3 is 2.33 bits per heavy atom. The van der Waals surface area contributed by atoms with Crippen molar-refractivity contribution in [3.05, 3.63) is 0 Å². The van der Waals surface area contributed by atoms with Crippen molar-refractivity contribution in [1.29, 1.82) is 0 Å². The van der Waals surface area contributed by atoms with Crippen LogP contribution in [-0.2, 0) is 19.0 Å². The van der Waals surface area contributed by atoms with Crippen molar-refractivity contribution in [3.63, 3.8) is 0 Å². The van der Waals surface area contributed by atoms with E-state index in [1.54, 1.807) is 12.0 Å². The van der Waals surface area contributed by atoms with Gasteiger partial charge in [-0.05, 0) is 40.0 Å². The lowest BCUT2D eigenvalue weighted by Crippen LogP contribution is -2.57. The highest BCUT2D eigenvalue weighted by Crippen LogP contribution is 2.41. The van der Waals surface area contributed by atoms with Gasteiger partial charge in [-0.1, -0.05) is 0 Å². The number of hydrogen-bond acceptors (Lipinski definition) is 5. The van der Waals surface area contributed by atoms with Crippen molar-refractivity contribution < 1.29 is 23.8 Å². The van der Waals surface area contributed by atoms with Gasteiger partial charge in [-0.25, -0.2) is 4.79 Å². The first kappa shape index (κ1) is 16.1. The quantitative estimate of drug-likeness (QED) is 0.729. The second kappa shape index (κ2) is 5.83. The van der Waals surface area contributed by atoms with Crippen LogP contribution in [0, 0.1) is 5.92 Å². The maximum absolute atomic E-state index is 12.4. The van der Waals surface area contributed by atoms with E-state index in [4.69, 9.17) is 14.2 Å². The third-order valence-electron chi connectivity index (χ3n) is 4.25. The average molecular weight is 299 g/mol. The maximum atomic E-state index is 12.4. The van der Waals surface area contributed by atoms with Crippen LogP contribution in [0.3, 0.4) is 0 Å². The predicted molar refractivity (Wildman–Crippen MR) is 75.8 cm³/mol. The molecule has 21 heavy (non-hydrogen) atoms. The standard InChI is InChI=1S/C15H25NO5/c1-15(2,3)21-14(18)16-9-6-7-10(16)12(13(17)20-5)11(8-9)19-4/h9-12H,6-8H2,1-5H3. The molecule has 0 saturated carbocycles. The van der Waals surface area contributed by atoms with E-state index < -0.39 is 11.5 Å². The average Bonchev–Trinajstić information content (AvgIpc) is 2.70. The molecule has 0 radical (unpaired) electrons. The number of carbonyl (C=O) groups excluding carboxylic acids is 2. The molecule has 0 aromatic carbocycles. The fourth-order valence-corrected chi connectivity index (χ4v) is 3.45. The minimum absolute atomic E-state index is 0.0794. The predicted octanol–water partition coefficient (Wildman–Crippen LogP) is 1.96. The first-order valence-electron chi connectivity index (χ1n) is 7.40. The van der Waals surface area contributed by atoms with Crippen LogP contribution in [-0.4, -0.2) is 55.0 Å². The summed E-state index contributed by atoms with van der Waals surface area (Å²) in [7, 11) is 2.97. The summed E-state index contributed by atoms with van der Waals surface area (Å²) in [5.74, 6) is -0.757. The number of piperidine rings is 1. The number of hydrogen-bond donors (Lipinski definition) is 0. The molecule has 2 saturated heterocycles. The Kier molecular flexibility index (Phi) is 4.46. The molecule has 0 aromatic rings. The second-order valence-electron chi connectivity index (χ2n) is 6.74. The third kappa shape index (κ3) is 3.15. The zero-order valence-corrected chi connectivity index (χ0v) is 13.4. The zero-order valence-electron chi connectivity index (χ0n) is 13.4. The summed E-state index contributed by atoms with van der Waals surface area (Å²) in [6.45, 7) is 5.52. The number of nitrogens with zero attached hydrogens (tertiary/aromatic N) is 1. The molecular weight excluding hydrogens is 274 g/mol. The maximum Gasteiger partial charge on any atom is 0.410 e. The molecule has 120 valence electrons. The number of amides is 1. The highest BCUT2D eigenvalue weighted by Gasteiger charge is 2.53. The summed E-state index contributed by atoms with van der Waals surface area (Å²) < 4.78 is 15.8. The van der Waals surface area contributed by atoms with Crippen molar-refractivity contribution in [2.75, 3.05) is 14.2 Å². The van der Waals surface area contributed by atoms with Crippen LogP contribution in [0.2, 0.25) is 0 Å². The summed E-state index contributed by atoms with van der Waals surface area (Å²) in [6.07, 6.45) is 1.75. The molecule has 2 heterocycles. The molecule has 1 amide bonds. The molecule has 2 rings (SSSR count). The number of fused-ring (bicyclic) bond motifs is 2. The van der Waals surface area contributed by atoms with E-state index in [2.05, 4.69) is 0 Å². The second-order valence-corrected chi connectivity index (χ2v) is 6.74. The molecule has 2 fully saturated rings. The van der Waals surface area contributed by atoms with Crippen molar-refractivity contribution in [2.45, 2.75) is 63.8 Å². The first-order valence-corrected chi connectivity index (χ1v) is 7.40. The molecule has 0 aliphatic carbocycles. The van der Waals surface area contributed by atoms with Gasteiger partial charge < -0.3 is 19.1 Å². The lowest BCUT2D eigenvalue weighted by molar-refractivity contribution is -0.157. The smallest absolute Gasteiger partial charge is 0.410 e. The van der Waals surface area contributed by atoms with Crippen molar-refractivity contribution >= 4 is 12.1 Å². The van der Waals surface area contributed by atoms with Crippen LogP contribution < -0.4 is 0 Å². The Morgan fingerprint density at radius 1 is 1.14 bits per heavy atom. The number of methoxy groups -OCH3 is 2. The van der Waals surface area contributed by atoms with E-state index in [0.717, 1.165) is 12.8 Å². The molecule has 6 nitrogen and oxygen atoms in total. The van der Waals surface area contributed by atoms with Crippen LogP contribution in [0.15, 0.2) is 0 Å². The fraction of sp³-hybridized carbons (Fsp3) is 0.867. The van der Waals surface area contributed by atoms with Gasteiger partial charge in [-0.3, -0.25) is 4.79 Å². The molecule has 2 aliphatic heterocycles. The van der Waals surface area contributed by atoms with Crippen molar-refractivity contribution in [1.82, 2.24) is 4.90 Å². The minimum atomic E-state index is -0.546. The molecule has 4 atom stereocenters. The molecular formula is C15H25NO5. The highest BCUT2D eigenvalue weighted by molar-refractivity contribution is 5.77. The van der Waals surface area contributed by atoms with Gasteiger partial charge in [-0.15, -0.1) is 0 Å². The summed E-state index contributed by atoms with van der Waals surface area (Å²) in [5.41, 5.74) is -0.546. The van der Waals surface area contributed by atoms with E-state index in [1.807, 2.05) is 20.8 Å². The van der Waals surface area contributed by atoms with Gasteiger partial charge in [0.05, 0.1) is 19.3 Å². The minimum Gasteiger partial charge on any atom is -0.469 e. The Bertz CT molecular complexity index is 417. The lowest BCUT2D eigenvalue weighted by Gasteiger charge is -2.42. The molecule has 0 spiro atoms. The molecule has 0 N–H and O–H groups in total. The zero-order chi connectivity index (χ0) is 15.8. The Labute approximate surface area is 125 Å². The van der Waals surface area contributed by atoms with E-state index in [-0.39, 0.29) is 30.3 Å². The normalized spacial score (nSPS) is 32.0. The number of rotatable bonds is 2. The number of esters is 1.